The Morgan fingerprint density at radius 2 is 1.84 bits per heavy atom. The highest BCUT2D eigenvalue weighted by Gasteiger charge is 2.44. The number of likely N-dealkylation sites (N-methyl/N-ethyl adjacent to an activating group) is 1. The number of nitrogens with zero attached hydrogens (tertiary/aromatic N) is 4. The minimum Gasteiger partial charge on any atom is -0.494 e. The molecule has 240 valence electrons. The van der Waals surface area contributed by atoms with Crippen molar-refractivity contribution in [2.75, 3.05) is 62.5 Å². The smallest absolute Gasteiger partial charge is 0.247 e. The fraction of sp³-hybridized carbons (Fsp3) is 0.455. The van der Waals surface area contributed by atoms with E-state index in [2.05, 4.69) is 44.4 Å². The number of hydrogen-bond acceptors (Lipinski definition) is 10. The Balaban J connectivity index is 1.19. The van der Waals surface area contributed by atoms with E-state index in [9.17, 15) is 4.79 Å². The summed E-state index contributed by atoms with van der Waals surface area (Å²) in [5, 5.41) is 16.6. The number of amides is 1. The molecule has 3 atom stereocenters. The van der Waals surface area contributed by atoms with Crippen LogP contribution >= 0.6 is 0 Å². The lowest BCUT2D eigenvalue weighted by Crippen LogP contribution is -2.52. The van der Waals surface area contributed by atoms with Crippen molar-refractivity contribution in [3.05, 3.63) is 72.6 Å². The lowest BCUT2D eigenvalue weighted by Gasteiger charge is -2.43. The van der Waals surface area contributed by atoms with E-state index in [1.54, 1.807) is 18.2 Å². The van der Waals surface area contributed by atoms with Crippen molar-refractivity contribution in [1.82, 2.24) is 20.3 Å². The molecular formula is C33H45N9O3. The van der Waals surface area contributed by atoms with Gasteiger partial charge in [-0.05, 0) is 44.0 Å². The Labute approximate surface area is 265 Å². The number of hydrogen-bond donors (Lipinski definition) is 5. The second-order valence-corrected chi connectivity index (χ2v) is 12.2. The summed E-state index contributed by atoms with van der Waals surface area (Å²) >= 11 is 0. The lowest BCUT2D eigenvalue weighted by molar-refractivity contribution is -0.111. The van der Waals surface area contributed by atoms with Crippen molar-refractivity contribution in [2.45, 2.75) is 49.9 Å². The van der Waals surface area contributed by atoms with Crippen LogP contribution < -0.4 is 31.5 Å². The van der Waals surface area contributed by atoms with Gasteiger partial charge in [0.15, 0.2) is 0 Å². The van der Waals surface area contributed by atoms with E-state index in [1.807, 2.05) is 42.5 Å². The van der Waals surface area contributed by atoms with Crippen LogP contribution in [0.1, 0.15) is 37.3 Å². The number of methoxy groups -OCH3 is 1. The van der Waals surface area contributed by atoms with Gasteiger partial charge in [-0.3, -0.25) is 19.9 Å². The van der Waals surface area contributed by atoms with E-state index < -0.39 is 0 Å². The number of anilines is 3. The number of piperazine rings is 1. The molecule has 12 heteroatoms. The molecule has 4 aliphatic rings. The SMILES string of the molecule is C=CC(=O)Nc1cc(NC(=N)/C=C(\NN)N2OCC[C@@H]2c2ccccc2)c(OC)cc1N1CCC(N2CC3CC2CN3C)CC1. The number of piperidine rings is 1. The van der Waals surface area contributed by atoms with E-state index in [4.69, 9.17) is 20.8 Å². The number of benzene rings is 2. The highest BCUT2D eigenvalue weighted by Crippen LogP contribution is 2.40. The summed E-state index contributed by atoms with van der Waals surface area (Å²) in [7, 11) is 3.84. The van der Waals surface area contributed by atoms with Gasteiger partial charge in [0.05, 0.1) is 36.8 Å². The number of carbonyl (C=O) groups is 1. The van der Waals surface area contributed by atoms with Crippen LogP contribution in [0.5, 0.6) is 5.75 Å². The number of nitrogens with two attached hydrogens (primary N) is 1. The molecule has 12 nitrogen and oxygen atoms in total. The minimum atomic E-state index is -0.304. The summed E-state index contributed by atoms with van der Waals surface area (Å²) in [6.45, 7) is 8.26. The fourth-order valence-electron chi connectivity index (χ4n) is 7.33. The number of carbonyl (C=O) groups excluding carboxylic acids is 1. The summed E-state index contributed by atoms with van der Waals surface area (Å²) in [4.78, 5) is 25.9. The maximum Gasteiger partial charge on any atom is 0.247 e. The van der Waals surface area contributed by atoms with Crippen molar-refractivity contribution in [3.8, 4) is 5.75 Å². The average molecular weight is 616 g/mol. The second-order valence-electron chi connectivity index (χ2n) is 12.2. The van der Waals surface area contributed by atoms with Gasteiger partial charge in [0.2, 0.25) is 5.91 Å². The number of nitrogens with one attached hydrogen (secondary N) is 4. The standard InChI is InChI=1S/C33H45N9O3/c1-4-33(43)37-26-17-27(36-31(34)19-32(38-35)42-28(12-15-45-42)22-8-6-5-7-9-22)30(44-3)18-29(26)40-13-10-23(11-14-40)41-21-24-16-25(41)20-39(24)2/h4-9,17-19,23-25,28,38H,1,10-16,20-21,35H2,2-3H3,(H2,34,36)(H,37,43)/b32-19+/t24?,25?,28-/m1/s1. The normalized spacial score (nSPS) is 24.2. The number of ether oxygens (including phenoxy) is 1. The van der Waals surface area contributed by atoms with E-state index in [1.165, 1.54) is 25.6 Å². The molecule has 2 aromatic carbocycles. The van der Waals surface area contributed by atoms with Crippen molar-refractivity contribution < 1.29 is 14.4 Å². The van der Waals surface area contributed by atoms with Crippen LogP contribution in [0, 0.1) is 5.41 Å². The maximum absolute atomic E-state index is 12.5. The third kappa shape index (κ3) is 6.50. The zero-order chi connectivity index (χ0) is 31.5. The molecule has 0 spiro atoms. The number of rotatable bonds is 10. The molecule has 0 saturated carbocycles. The topological polar surface area (TPSA) is 134 Å². The molecule has 4 heterocycles. The van der Waals surface area contributed by atoms with E-state index >= 15 is 0 Å². The quantitative estimate of drug-likeness (QED) is 0.0892. The van der Waals surface area contributed by atoms with Gasteiger partial charge in [-0.15, -0.1) is 0 Å². The first-order valence-electron chi connectivity index (χ1n) is 15.8. The van der Waals surface area contributed by atoms with Gasteiger partial charge in [0.1, 0.15) is 17.4 Å². The summed E-state index contributed by atoms with van der Waals surface area (Å²) < 4.78 is 5.79. The molecular weight excluding hydrogens is 570 g/mol. The molecule has 2 bridgehead atoms. The molecule has 6 N–H and O–H groups in total. The lowest BCUT2D eigenvalue weighted by atomic mass is 10.0. The minimum absolute atomic E-state index is 0.0399. The first kappa shape index (κ1) is 30.9. The largest absolute Gasteiger partial charge is 0.494 e. The Hall–Kier alpha value is -4.10. The molecule has 2 unspecified atom stereocenters. The molecule has 4 aliphatic heterocycles. The Morgan fingerprint density at radius 1 is 1.07 bits per heavy atom. The van der Waals surface area contributed by atoms with Gasteiger partial charge in [-0.25, -0.2) is 10.9 Å². The predicted molar refractivity (Wildman–Crippen MR) is 177 cm³/mol. The van der Waals surface area contributed by atoms with Crippen molar-refractivity contribution in [1.29, 1.82) is 5.41 Å². The molecule has 4 fully saturated rings. The molecule has 0 aliphatic carbocycles. The average Bonchev–Trinajstić information content (AvgIpc) is 3.81. The number of likely N-dealkylation sites (tertiary alicyclic amines) is 2. The molecule has 0 radical (unpaired) electrons. The zero-order valence-electron chi connectivity index (χ0n) is 26.2. The van der Waals surface area contributed by atoms with Crippen LogP contribution in [-0.2, 0) is 9.63 Å². The van der Waals surface area contributed by atoms with Crippen LogP contribution in [-0.4, -0.2) is 91.7 Å². The van der Waals surface area contributed by atoms with Gasteiger partial charge in [0.25, 0.3) is 0 Å². The van der Waals surface area contributed by atoms with Crippen molar-refractivity contribution in [3.63, 3.8) is 0 Å². The van der Waals surface area contributed by atoms with Crippen LogP contribution in [0.25, 0.3) is 0 Å². The van der Waals surface area contributed by atoms with Crippen LogP contribution in [0.4, 0.5) is 17.1 Å². The molecule has 4 saturated heterocycles. The molecule has 2 aromatic rings. The summed E-state index contributed by atoms with van der Waals surface area (Å²) in [6.07, 6.45) is 7.04. The second kappa shape index (κ2) is 13.5. The fourth-order valence-corrected chi connectivity index (χ4v) is 7.33. The molecule has 1 amide bonds. The summed E-state index contributed by atoms with van der Waals surface area (Å²) in [6, 6.07) is 15.7. The predicted octanol–water partition coefficient (Wildman–Crippen LogP) is 3.25. The van der Waals surface area contributed by atoms with Crippen molar-refractivity contribution >= 4 is 28.8 Å². The number of amidine groups is 1. The third-order valence-electron chi connectivity index (χ3n) is 9.62. The summed E-state index contributed by atoms with van der Waals surface area (Å²) in [5.41, 5.74) is 5.84. The van der Waals surface area contributed by atoms with Gasteiger partial charge in [-0.1, -0.05) is 36.9 Å². The Morgan fingerprint density at radius 3 is 2.49 bits per heavy atom. The number of fused-ring (bicyclic) bond motifs is 2. The van der Waals surface area contributed by atoms with Gasteiger partial charge >= 0.3 is 0 Å². The molecule has 0 aromatic heterocycles. The van der Waals surface area contributed by atoms with E-state index in [0.717, 1.165) is 43.6 Å². The molecule has 45 heavy (non-hydrogen) atoms. The Kier molecular flexibility index (Phi) is 9.27. The monoisotopic (exact) mass is 615 g/mol. The first-order valence-corrected chi connectivity index (χ1v) is 15.8. The van der Waals surface area contributed by atoms with Gasteiger partial charge in [-0.2, -0.15) is 0 Å². The van der Waals surface area contributed by atoms with Crippen LogP contribution in [0.3, 0.4) is 0 Å². The van der Waals surface area contributed by atoms with E-state index in [0.29, 0.717) is 47.7 Å². The zero-order valence-corrected chi connectivity index (χ0v) is 26.2. The molecule has 6 rings (SSSR count). The highest BCUT2D eigenvalue weighted by atomic mass is 16.7. The number of hydrazine groups is 1. The van der Waals surface area contributed by atoms with Crippen molar-refractivity contribution in [2.24, 2.45) is 5.84 Å². The maximum atomic E-state index is 12.5. The van der Waals surface area contributed by atoms with Crippen LogP contribution in [0.15, 0.2) is 67.0 Å². The highest BCUT2D eigenvalue weighted by molar-refractivity contribution is 6.05. The summed E-state index contributed by atoms with van der Waals surface area (Å²) in [5.74, 6) is 6.66. The van der Waals surface area contributed by atoms with E-state index in [-0.39, 0.29) is 17.8 Å². The van der Waals surface area contributed by atoms with Crippen LogP contribution in [0.2, 0.25) is 0 Å². The van der Waals surface area contributed by atoms with Gasteiger partial charge < -0.3 is 30.6 Å². The first-order chi connectivity index (χ1) is 21.9. The third-order valence-corrected chi connectivity index (χ3v) is 9.62. The number of hydroxylamine groups is 2. The van der Waals surface area contributed by atoms with Gasteiger partial charge in [0, 0.05) is 62.9 Å². The Bertz CT molecular complexity index is 1420.